The fraction of sp³-hybridized carbons (Fsp3) is 0.300. The van der Waals surface area contributed by atoms with Gasteiger partial charge in [-0.3, -0.25) is 9.89 Å². The van der Waals surface area contributed by atoms with Gasteiger partial charge < -0.3 is 10.0 Å². The third-order valence-electron chi connectivity index (χ3n) is 5.09. The second-order valence-corrected chi connectivity index (χ2v) is 6.60. The fourth-order valence-corrected chi connectivity index (χ4v) is 3.62. The van der Waals surface area contributed by atoms with Gasteiger partial charge in [0.25, 0.3) is 5.91 Å². The van der Waals surface area contributed by atoms with Crippen LogP contribution in [-0.4, -0.2) is 39.2 Å². The number of fused-ring (bicyclic) bond motifs is 1. The smallest absolute Gasteiger partial charge is 0.274 e. The molecule has 4 rings (SSSR count). The van der Waals surface area contributed by atoms with E-state index in [9.17, 15) is 9.90 Å². The molecule has 5 heteroatoms. The first-order chi connectivity index (χ1) is 12.2. The Morgan fingerprint density at radius 2 is 1.76 bits per heavy atom. The minimum atomic E-state index is -0.468. The second kappa shape index (κ2) is 6.69. The van der Waals surface area contributed by atoms with Crippen LogP contribution in [0.15, 0.2) is 54.6 Å². The summed E-state index contributed by atoms with van der Waals surface area (Å²) in [4.78, 5) is 14.6. The molecule has 1 aromatic heterocycles. The highest BCUT2D eigenvalue weighted by Gasteiger charge is 2.30. The molecule has 2 N–H and O–H groups in total. The molecule has 0 aliphatic carbocycles. The number of nitrogens with zero attached hydrogens (tertiary/aromatic N) is 2. The molecule has 0 saturated carbocycles. The number of nitrogens with one attached hydrogen (secondary N) is 1. The summed E-state index contributed by atoms with van der Waals surface area (Å²) in [6.07, 6.45) is 1.12. The summed E-state index contributed by atoms with van der Waals surface area (Å²) >= 11 is 0. The Kier molecular flexibility index (Phi) is 4.24. The molecule has 5 nitrogen and oxygen atoms in total. The van der Waals surface area contributed by atoms with Crippen molar-refractivity contribution < 1.29 is 9.90 Å². The van der Waals surface area contributed by atoms with E-state index in [2.05, 4.69) is 10.2 Å². The Bertz CT molecular complexity index is 867. The average molecular weight is 335 g/mol. The van der Waals surface area contributed by atoms with Crippen LogP contribution >= 0.6 is 0 Å². The standard InChI is InChI=1S/C20H21N3O2/c24-19(14-6-2-1-3-7-14)15-10-12-23(13-11-15)20(25)18-16-8-4-5-9-17(16)21-22-18/h1-9,15,19,24H,10-13H2,(H,21,22)/t19-/m0/s1. The largest absolute Gasteiger partial charge is 0.388 e. The van der Waals surface area contributed by atoms with Crippen molar-refractivity contribution in [1.82, 2.24) is 15.1 Å². The molecule has 3 aromatic rings. The first kappa shape index (κ1) is 15.8. The number of amides is 1. The van der Waals surface area contributed by atoms with Gasteiger partial charge in [-0.1, -0.05) is 48.5 Å². The zero-order valence-corrected chi connectivity index (χ0v) is 13.9. The van der Waals surface area contributed by atoms with Crippen molar-refractivity contribution in [3.63, 3.8) is 0 Å². The van der Waals surface area contributed by atoms with Crippen molar-refractivity contribution in [1.29, 1.82) is 0 Å². The quantitative estimate of drug-likeness (QED) is 0.772. The third kappa shape index (κ3) is 3.03. The number of para-hydroxylation sites is 1. The van der Waals surface area contributed by atoms with Gasteiger partial charge in [-0.15, -0.1) is 0 Å². The zero-order valence-electron chi connectivity index (χ0n) is 13.9. The predicted octanol–water partition coefficient (Wildman–Crippen LogP) is 3.15. The van der Waals surface area contributed by atoms with Crippen LogP contribution in [0.3, 0.4) is 0 Å². The number of hydrogen-bond donors (Lipinski definition) is 2. The van der Waals surface area contributed by atoms with Crippen LogP contribution in [-0.2, 0) is 0 Å². The lowest BCUT2D eigenvalue weighted by molar-refractivity contribution is 0.0460. The molecule has 0 spiro atoms. The predicted molar refractivity (Wildman–Crippen MR) is 96.1 cm³/mol. The van der Waals surface area contributed by atoms with Crippen LogP contribution in [0.4, 0.5) is 0 Å². The Balaban J connectivity index is 1.44. The lowest BCUT2D eigenvalue weighted by atomic mass is 9.87. The molecule has 0 radical (unpaired) electrons. The summed E-state index contributed by atoms with van der Waals surface area (Å²) in [5.74, 6) is 0.146. The van der Waals surface area contributed by atoms with E-state index in [-0.39, 0.29) is 11.8 Å². The number of H-pyrrole nitrogens is 1. The van der Waals surface area contributed by atoms with Crippen LogP contribution in [0.1, 0.15) is 35.0 Å². The molecule has 1 amide bonds. The summed E-state index contributed by atoms with van der Waals surface area (Å²) < 4.78 is 0. The Morgan fingerprint density at radius 3 is 2.52 bits per heavy atom. The lowest BCUT2D eigenvalue weighted by Crippen LogP contribution is -2.40. The van der Waals surface area contributed by atoms with E-state index in [4.69, 9.17) is 0 Å². The van der Waals surface area contributed by atoms with Gasteiger partial charge in [0.1, 0.15) is 0 Å². The molecule has 2 heterocycles. The maximum Gasteiger partial charge on any atom is 0.274 e. The lowest BCUT2D eigenvalue weighted by Gasteiger charge is -2.34. The first-order valence-electron chi connectivity index (χ1n) is 8.69. The summed E-state index contributed by atoms with van der Waals surface area (Å²) in [5.41, 5.74) is 2.31. The van der Waals surface area contributed by atoms with Crippen molar-refractivity contribution >= 4 is 16.8 Å². The molecule has 1 aliphatic rings. The number of likely N-dealkylation sites (tertiary alicyclic amines) is 1. The van der Waals surface area contributed by atoms with Gasteiger partial charge in [0.05, 0.1) is 11.6 Å². The van der Waals surface area contributed by atoms with Crippen molar-refractivity contribution in [2.75, 3.05) is 13.1 Å². The number of carbonyl (C=O) groups is 1. The minimum Gasteiger partial charge on any atom is -0.388 e. The van der Waals surface area contributed by atoms with E-state index in [1.165, 1.54) is 0 Å². The van der Waals surface area contributed by atoms with E-state index in [0.717, 1.165) is 29.3 Å². The second-order valence-electron chi connectivity index (χ2n) is 6.60. The maximum absolute atomic E-state index is 12.8. The average Bonchev–Trinajstić information content (AvgIpc) is 3.12. The van der Waals surface area contributed by atoms with Crippen molar-refractivity contribution in [3.05, 3.63) is 65.9 Å². The van der Waals surface area contributed by atoms with E-state index >= 15 is 0 Å². The normalized spacial score (nSPS) is 16.9. The third-order valence-corrected chi connectivity index (χ3v) is 5.09. The van der Waals surface area contributed by atoms with Gasteiger partial charge in [-0.25, -0.2) is 0 Å². The molecule has 25 heavy (non-hydrogen) atoms. The summed E-state index contributed by atoms with van der Waals surface area (Å²) in [6.45, 7) is 1.29. The van der Waals surface area contributed by atoms with Crippen LogP contribution in [0.5, 0.6) is 0 Å². The molecule has 1 saturated heterocycles. The first-order valence-corrected chi connectivity index (χ1v) is 8.69. The number of aromatic nitrogens is 2. The molecule has 2 aromatic carbocycles. The fourth-order valence-electron chi connectivity index (χ4n) is 3.62. The van der Waals surface area contributed by atoms with Crippen molar-refractivity contribution in [2.45, 2.75) is 18.9 Å². The van der Waals surface area contributed by atoms with E-state index in [1.807, 2.05) is 59.5 Å². The van der Waals surface area contributed by atoms with Crippen LogP contribution < -0.4 is 0 Å². The van der Waals surface area contributed by atoms with E-state index < -0.39 is 6.10 Å². The van der Waals surface area contributed by atoms with Gasteiger partial charge in [-0.2, -0.15) is 5.10 Å². The Hall–Kier alpha value is -2.66. The topological polar surface area (TPSA) is 69.2 Å². The number of piperidine rings is 1. The number of rotatable bonds is 3. The number of aliphatic hydroxyl groups is 1. The Labute approximate surface area is 146 Å². The summed E-state index contributed by atoms with van der Waals surface area (Å²) in [7, 11) is 0. The number of hydrogen-bond acceptors (Lipinski definition) is 3. The van der Waals surface area contributed by atoms with Crippen LogP contribution in [0, 0.1) is 5.92 Å². The van der Waals surface area contributed by atoms with Gasteiger partial charge in [0, 0.05) is 18.5 Å². The molecule has 1 atom stereocenters. The summed E-state index contributed by atoms with van der Waals surface area (Å²) in [5, 5.41) is 18.6. The van der Waals surface area contributed by atoms with Gasteiger partial charge >= 0.3 is 0 Å². The molecule has 1 aliphatic heterocycles. The molecular weight excluding hydrogens is 314 g/mol. The van der Waals surface area contributed by atoms with E-state index in [0.29, 0.717) is 18.8 Å². The highest BCUT2D eigenvalue weighted by atomic mass is 16.3. The minimum absolute atomic E-state index is 0.0369. The van der Waals surface area contributed by atoms with Gasteiger partial charge in [0.15, 0.2) is 5.69 Å². The van der Waals surface area contributed by atoms with Gasteiger partial charge in [0.2, 0.25) is 0 Å². The number of aliphatic hydroxyl groups excluding tert-OH is 1. The number of benzene rings is 2. The molecule has 0 unspecified atom stereocenters. The van der Waals surface area contributed by atoms with Crippen molar-refractivity contribution in [3.8, 4) is 0 Å². The maximum atomic E-state index is 12.8. The van der Waals surface area contributed by atoms with Crippen molar-refractivity contribution in [2.24, 2.45) is 5.92 Å². The number of aromatic amines is 1. The molecule has 1 fully saturated rings. The summed E-state index contributed by atoms with van der Waals surface area (Å²) in [6, 6.07) is 17.4. The van der Waals surface area contributed by atoms with E-state index in [1.54, 1.807) is 0 Å². The zero-order chi connectivity index (χ0) is 17.2. The van der Waals surface area contributed by atoms with Crippen LogP contribution in [0.25, 0.3) is 10.9 Å². The number of carbonyl (C=O) groups excluding carboxylic acids is 1. The monoisotopic (exact) mass is 335 g/mol. The van der Waals surface area contributed by atoms with Gasteiger partial charge in [-0.05, 0) is 30.4 Å². The highest BCUT2D eigenvalue weighted by Crippen LogP contribution is 2.31. The highest BCUT2D eigenvalue weighted by molar-refractivity contribution is 6.04. The SMILES string of the molecule is O=C(c1n[nH]c2ccccc12)N1CCC([C@@H](O)c2ccccc2)CC1. The van der Waals surface area contributed by atoms with Crippen LogP contribution in [0.2, 0.25) is 0 Å². The molecular formula is C20H21N3O2. The molecule has 0 bridgehead atoms. The molecule has 128 valence electrons. The Morgan fingerprint density at radius 1 is 1.08 bits per heavy atom.